The number of hydrogen-bond acceptors (Lipinski definition) is 1. The van der Waals surface area contributed by atoms with Crippen LogP contribution in [0.1, 0.15) is 6.42 Å². The molecule has 1 heteroatoms. The average Bonchev–Trinajstić information content (AvgIpc) is 1.75. The molecule has 0 spiro atoms. The highest BCUT2D eigenvalue weighted by Gasteiger charge is 2.23. The lowest BCUT2D eigenvalue weighted by Crippen LogP contribution is -2.50. The highest BCUT2D eigenvalue weighted by Crippen LogP contribution is 2.17. The number of allylic oxidation sites excluding steroid dienone is 3. The zero-order chi connectivity index (χ0) is 6.97. The first-order valence-corrected chi connectivity index (χ1v) is 3.66. The van der Waals surface area contributed by atoms with Crippen molar-refractivity contribution in [3.05, 3.63) is 36.5 Å². The normalized spacial score (nSPS) is 43.0. The van der Waals surface area contributed by atoms with E-state index in [0.29, 0.717) is 12.1 Å². The van der Waals surface area contributed by atoms with Crippen LogP contribution < -0.4 is 5.32 Å². The van der Waals surface area contributed by atoms with E-state index in [4.69, 9.17) is 0 Å². The zero-order valence-electron chi connectivity index (χ0n) is 5.88. The standard InChI is InChI=1S/C9H11N/c1-7-2-4-8-6-9(10-8)5-3-7/h2-5,8-10H,1,6H2/b4-2-,5-3-. The molecule has 1 aliphatic carbocycles. The Hall–Kier alpha value is -0.820. The second-order valence-corrected chi connectivity index (χ2v) is 2.91. The molecule has 2 unspecified atom stereocenters. The first kappa shape index (κ1) is 5.93. The summed E-state index contributed by atoms with van der Waals surface area (Å²) < 4.78 is 0. The van der Waals surface area contributed by atoms with Crippen molar-refractivity contribution in [3.63, 3.8) is 0 Å². The summed E-state index contributed by atoms with van der Waals surface area (Å²) in [5.74, 6) is 0. The fourth-order valence-corrected chi connectivity index (χ4v) is 1.33. The van der Waals surface area contributed by atoms with E-state index in [1.807, 2.05) is 0 Å². The van der Waals surface area contributed by atoms with E-state index in [9.17, 15) is 0 Å². The van der Waals surface area contributed by atoms with Crippen LogP contribution in [0.15, 0.2) is 36.5 Å². The van der Waals surface area contributed by atoms with Gasteiger partial charge in [-0.2, -0.15) is 0 Å². The predicted octanol–water partition coefficient (Wildman–Crippen LogP) is 1.40. The molecule has 2 heterocycles. The Labute approximate surface area is 61.1 Å². The number of fused-ring (bicyclic) bond motifs is 2. The summed E-state index contributed by atoms with van der Waals surface area (Å²) in [4.78, 5) is 0. The van der Waals surface area contributed by atoms with Crippen molar-refractivity contribution in [1.29, 1.82) is 0 Å². The van der Waals surface area contributed by atoms with E-state index in [2.05, 4.69) is 36.2 Å². The molecule has 1 N–H and O–H groups in total. The third kappa shape index (κ3) is 0.929. The van der Waals surface area contributed by atoms with Crippen LogP contribution in [0.4, 0.5) is 0 Å². The molecule has 1 fully saturated rings. The second kappa shape index (κ2) is 2.10. The van der Waals surface area contributed by atoms with Gasteiger partial charge >= 0.3 is 0 Å². The highest BCUT2D eigenvalue weighted by atomic mass is 15.0. The summed E-state index contributed by atoms with van der Waals surface area (Å²) in [7, 11) is 0. The lowest BCUT2D eigenvalue weighted by Gasteiger charge is -2.34. The minimum absolute atomic E-state index is 0.603. The van der Waals surface area contributed by atoms with Crippen molar-refractivity contribution in [2.45, 2.75) is 18.5 Å². The molecule has 2 atom stereocenters. The fraction of sp³-hybridized carbons (Fsp3) is 0.333. The summed E-state index contributed by atoms with van der Waals surface area (Å²) in [5.41, 5.74) is 1.11. The minimum Gasteiger partial charge on any atom is -0.304 e. The van der Waals surface area contributed by atoms with Crippen molar-refractivity contribution in [3.8, 4) is 0 Å². The van der Waals surface area contributed by atoms with Gasteiger partial charge in [0.05, 0.1) is 0 Å². The molecule has 0 aromatic carbocycles. The molecule has 2 aliphatic heterocycles. The van der Waals surface area contributed by atoms with Gasteiger partial charge in [0.15, 0.2) is 0 Å². The van der Waals surface area contributed by atoms with Gasteiger partial charge in [0, 0.05) is 12.1 Å². The van der Waals surface area contributed by atoms with E-state index < -0.39 is 0 Å². The third-order valence-electron chi connectivity index (χ3n) is 2.02. The first-order chi connectivity index (χ1) is 4.84. The summed E-state index contributed by atoms with van der Waals surface area (Å²) in [6.07, 6.45) is 9.76. The van der Waals surface area contributed by atoms with Crippen LogP contribution in [0.25, 0.3) is 0 Å². The second-order valence-electron chi connectivity index (χ2n) is 2.91. The van der Waals surface area contributed by atoms with Crippen LogP contribution >= 0.6 is 0 Å². The van der Waals surface area contributed by atoms with Gasteiger partial charge in [-0.05, 0) is 12.0 Å². The smallest absolute Gasteiger partial charge is 0.0276 e. The Morgan fingerprint density at radius 1 is 1.30 bits per heavy atom. The molecule has 1 saturated heterocycles. The topological polar surface area (TPSA) is 12.0 Å². The van der Waals surface area contributed by atoms with E-state index in [-0.39, 0.29) is 0 Å². The largest absolute Gasteiger partial charge is 0.304 e. The van der Waals surface area contributed by atoms with Gasteiger partial charge < -0.3 is 5.32 Å². The maximum atomic E-state index is 3.87. The van der Waals surface area contributed by atoms with E-state index in [0.717, 1.165) is 5.57 Å². The van der Waals surface area contributed by atoms with Crippen molar-refractivity contribution in [2.24, 2.45) is 0 Å². The Kier molecular flexibility index (Phi) is 1.24. The van der Waals surface area contributed by atoms with Crippen molar-refractivity contribution in [1.82, 2.24) is 5.32 Å². The predicted molar refractivity (Wildman–Crippen MR) is 42.7 cm³/mol. The quantitative estimate of drug-likeness (QED) is 0.526. The van der Waals surface area contributed by atoms with Gasteiger partial charge in [0.25, 0.3) is 0 Å². The number of nitrogens with one attached hydrogen (secondary N) is 1. The lowest BCUT2D eigenvalue weighted by molar-refractivity contribution is 0.359. The number of hydrogen-bond donors (Lipinski definition) is 1. The van der Waals surface area contributed by atoms with Crippen LogP contribution in [0.3, 0.4) is 0 Å². The minimum atomic E-state index is 0.603. The van der Waals surface area contributed by atoms with Crippen molar-refractivity contribution >= 4 is 0 Å². The molecule has 52 valence electrons. The SMILES string of the molecule is C=C1/C=C\C2CC(/C=C\1)N2. The van der Waals surface area contributed by atoms with Crippen LogP contribution in [0.2, 0.25) is 0 Å². The molecular weight excluding hydrogens is 122 g/mol. The maximum Gasteiger partial charge on any atom is 0.0276 e. The first-order valence-electron chi connectivity index (χ1n) is 3.66. The Morgan fingerprint density at radius 2 is 1.80 bits per heavy atom. The molecular formula is C9H11N. The molecule has 2 bridgehead atoms. The Morgan fingerprint density at radius 3 is 2.30 bits per heavy atom. The van der Waals surface area contributed by atoms with Crippen LogP contribution in [0, 0.1) is 0 Å². The zero-order valence-corrected chi connectivity index (χ0v) is 5.88. The average molecular weight is 133 g/mol. The maximum absolute atomic E-state index is 3.87. The van der Waals surface area contributed by atoms with Gasteiger partial charge in [0.1, 0.15) is 0 Å². The molecule has 3 rings (SSSR count). The molecule has 10 heavy (non-hydrogen) atoms. The molecule has 3 aliphatic rings. The van der Waals surface area contributed by atoms with Crippen molar-refractivity contribution < 1.29 is 0 Å². The Bertz CT molecular complexity index is 187. The van der Waals surface area contributed by atoms with Crippen LogP contribution in [-0.4, -0.2) is 12.1 Å². The van der Waals surface area contributed by atoms with Crippen LogP contribution in [0.5, 0.6) is 0 Å². The summed E-state index contributed by atoms with van der Waals surface area (Å²) in [6.45, 7) is 3.87. The van der Waals surface area contributed by atoms with Gasteiger partial charge in [-0.15, -0.1) is 0 Å². The van der Waals surface area contributed by atoms with Gasteiger partial charge in [-0.25, -0.2) is 0 Å². The van der Waals surface area contributed by atoms with E-state index in [1.54, 1.807) is 0 Å². The fourth-order valence-electron chi connectivity index (χ4n) is 1.33. The highest BCUT2D eigenvalue weighted by molar-refractivity contribution is 5.32. The molecule has 0 aromatic heterocycles. The third-order valence-corrected chi connectivity index (χ3v) is 2.02. The van der Waals surface area contributed by atoms with Gasteiger partial charge in [-0.3, -0.25) is 0 Å². The summed E-state index contributed by atoms with van der Waals surface area (Å²) >= 11 is 0. The van der Waals surface area contributed by atoms with E-state index in [1.165, 1.54) is 6.42 Å². The molecule has 0 radical (unpaired) electrons. The lowest BCUT2D eigenvalue weighted by atomic mass is 9.93. The van der Waals surface area contributed by atoms with Gasteiger partial charge in [0.2, 0.25) is 0 Å². The van der Waals surface area contributed by atoms with Crippen molar-refractivity contribution in [2.75, 3.05) is 0 Å². The monoisotopic (exact) mass is 133 g/mol. The number of rotatable bonds is 0. The summed E-state index contributed by atoms with van der Waals surface area (Å²) in [6, 6.07) is 1.21. The molecule has 0 aromatic rings. The molecule has 0 amide bonds. The Balaban J connectivity index is 2.19. The molecule has 1 nitrogen and oxygen atoms in total. The molecule has 0 saturated carbocycles. The van der Waals surface area contributed by atoms with E-state index >= 15 is 0 Å². The van der Waals surface area contributed by atoms with Crippen LogP contribution in [-0.2, 0) is 0 Å². The van der Waals surface area contributed by atoms with Gasteiger partial charge in [-0.1, -0.05) is 30.9 Å². The summed E-state index contributed by atoms with van der Waals surface area (Å²) in [5, 5.41) is 3.39.